The number of benzene rings is 2. The van der Waals surface area contributed by atoms with E-state index >= 15 is 0 Å². The first-order chi connectivity index (χ1) is 11.7. The molecule has 0 saturated carbocycles. The minimum absolute atomic E-state index is 0.143. The van der Waals surface area contributed by atoms with Crippen LogP contribution in [0.25, 0.3) is 10.9 Å². The summed E-state index contributed by atoms with van der Waals surface area (Å²) in [5.41, 5.74) is 4.92. The number of thioether (sulfide) groups is 1. The predicted molar refractivity (Wildman–Crippen MR) is 97.1 cm³/mol. The third-order valence-electron chi connectivity index (χ3n) is 4.76. The summed E-state index contributed by atoms with van der Waals surface area (Å²) in [6, 6.07) is 10.9. The molecule has 2 N–H and O–H groups in total. The van der Waals surface area contributed by atoms with Crippen molar-refractivity contribution < 1.29 is 4.39 Å². The summed E-state index contributed by atoms with van der Waals surface area (Å²) in [7, 11) is 0. The van der Waals surface area contributed by atoms with Gasteiger partial charge in [0.15, 0.2) is 0 Å². The molecule has 0 fully saturated rings. The van der Waals surface area contributed by atoms with Crippen molar-refractivity contribution >= 4 is 40.0 Å². The standard InChI is InChI=1S/C18H15ClFN3S/c19-10-1-3-14-13(7-10)12-5-6-23(9-16(12)21-14)18-22-15-4-2-11(20)8-17(15)24-18/h1-4,7-8,18,21-22H,5-6,9H2. The summed E-state index contributed by atoms with van der Waals surface area (Å²) < 4.78 is 13.4. The summed E-state index contributed by atoms with van der Waals surface area (Å²) in [6.07, 6.45) is 0.985. The fourth-order valence-electron chi connectivity index (χ4n) is 3.60. The Bertz CT molecular complexity index is 955. The second-order valence-corrected chi connectivity index (χ2v) is 7.81. The second kappa shape index (κ2) is 5.41. The van der Waals surface area contributed by atoms with E-state index in [1.807, 2.05) is 24.3 Å². The van der Waals surface area contributed by atoms with Gasteiger partial charge in [0.2, 0.25) is 0 Å². The lowest BCUT2D eigenvalue weighted by molar-refractivity contribution is 0.251. The predicted octanol–water partition coefficient (Wildman–Crippen LogP) is 4.82. The van der Waals surface area contributed by atoms with Gasteiger partial charge in [0.05, 0.1) is 0 Å². The fourth-order valence-corrected chi connectivity index (χ4v) is 4.96. The Morgan fingerprint density at radius 3 is 3.04 bits per heavy atom. The molecule has 3 heterocycles. The lowest BCUT2D eigenvalue weighted by atomic mass is 10.0. The van der Waals surface area contributed by atoms with Gasteiger partial charge in [-0.1, -0.05) is 23.4 Å². The number of nitrogens with one attached hydrogen (secondary N) is 2. The Morgan fingerprint density at radius 1 is 1.21 bits per heavy atom. The summed E-state index contributed by atoms with van der Waals surface area (Å²) in [4.78, 5) is 6.90. The highest BCUT2D eigenvalue weighted by molar-refractivity contribution is 8.00. The van der Waals surface area contributed by atoms with Crippen molar-refractivity contribution in [1.29, 1.82) is 0 Å². The molecular weight excluding hydrogens is 345 g/mol. The van der Waals surface area contributed by atoms with Gasteiger partial charge < -0.3 is 10.3 Å². The van der Waals surface area contributed by atoms with Crippen molar-refractivity contribution in [2.45, 2.75) is 23.4 Å². The highest BCUT2D eigenvalue weighted by Gasteiger charge is 2.31. The molecule has 2 aliphatic heterocycles. The Kier molecular flexibility index (Phi) is 3.30. The van der Waals surface area contributed by atoms with Gasteiger partial charge >= 0.3 is 0 Å². The number of aromatic amines is 1. The molecule has 122 valence electrons. The SMILES string of the molecule is Fc1ccc2c(c1)SC(N1CCc3c([nH]c4ccc(Cl)cc34)C1)N2. The zero-order chi connectivity index (χ0) is 16.3. The molecule has 0 aliphatic carbocycles. The zero-order valence-corrected chi connectivity index (χ0v) is 14.3. The number of aromatic nitrogens is 1. The molecule has 2 aromatic carbocycles. The van der Waals surface area contributed by atoms with Gasteiger partial charge in [0.1, 0.15) is 11.3 Å². The van der Waals surface area contributed by atoms with Crippen molar-refractivity contribution in [2.24, 2.45) is 0 Å². The van der Waals surface area contributed by atoms with E-state index in [1.54, 1.807) is 17.8 Å². The van der Waals surface area contributed by atoms with E-state index in [2.05, 4.69) is 15.2 Å². The molecule has 3 nitrogen and oxygen atoms in total. The van der Waals surface area contributed by atoms with Gasteiger partial charge in [0.25, 0.3) is 0 Å². The number of hydrogen-bond donors (Lipinski definition) is 2. The zero-order valence-electron chi connectivity index (χ0n) is 12.8. The highest BCUT2D eigenvalue weighted by Crippen LogP contribution is 2.41. The molecule has 1 atom stereocenters. The molecule has 1 aromatic heterocycles. The maximum absolute atomic E-state index is 13.4. The van der Waals surface area contributed by atoms with Crippen LogP contribution in [0.4, 0.5) is 10.1 Å². The van der Waals surface area contributed by atoms with E-state index in [-0.39, 0.29) is 11.3 Å². The summed E-state index contributed by atoms with van der Waals surface area (Å²) in [5, 5.41) is 5.50. The lowest BCUT2D eigenvalue weighted by Gasteiger charge is -2.31. The van der Waals surface area contributed by atoms with E-state index < -0.39 is 0 Å². The van der Waals surface area contributed by atoms with Crippen molar-refractivity contribution in [3.8, 4) is 0 Å². The Balaban J connectivity index is 1.43. The molecule has 0 amide bonds. The van der Waals surface area contributed by atoms with E-state index in [1.165, 1.54) is 22.7 Å². The monoisotopic (exact) mass is 359 g/mol. The molecule has 0 bridgehead atoms. The van der Waals surface area contributed by atoms with Crippen LogP contribution in [0.5, 0.6) is 0 Å². The number of halogens is 2. The topological polar surface area (TPSA) is 31.1 Å². The van der Waals surface area contributed by atoms with Crippen LogP contribution in [-0.4, -0.2) is 21.9 Å². The first-order valence-corrected chi connectivity index (χ1v) is 9.19. The first kappa shape index (κ1) is 14.6. The van der Waals surface area contributed by atoms with Crippen LogP contribution in [0.2, 0.25) is 5.02 Å². The third kappa shape index (κ3) is 2.31. The Morgan fingerprint density at radius 2 is 2.12 bits per heavy atom. The van der Waals surface area contributed by atoms with Crippen LogP contribution >= 0.6 is 23.4 Å². The average molecular weight is 360 g/mol. The van der Waals surface area contributed by atoms with E-state index in [0.29, 0.717) is 0 Å². The molecule has 0 spiro atoms. The normalized spacial score (nSPS) is 20.0. The maximum atomic E-state index is 13.4. The molecular formula is C18H15ClFN3S. The summed E-state index contributed by atoms with van der Waals surface area (Å²) in [6.45, 7) is 1.82. The number of hydrogen-bond acceptors (Lipinski definition) is 3. The van der Waals surface area contributed by atoms with Crippen molar-refractivity contribution in [3.63, 3.8) is 0 Å². The highest BCUT2D eigenvalue weighted by atomic mass is 35.5. The third-order valence-corrected chi connectivity index (χ3v) is 6.23. The van der Waals surface area contributed by atoms with Crippen molar-refractivity contribution in [3.05, 3.63) is 58.5 Å². The number of anilines is 1. The van der Waals surface area contributed by atoms with Gasteiger partial charge in [-0.05, 0) is 48.4 Å². The maximum Gasteiger partial charge on any atom is 0.133 e. The second-order valence-electron chi connectivity index (χ2n) is 6.25. The minimum atomic E-state index is -0.183. The van der Waals surface area contributed by atoms with Crippen LogP contribution in [0.15, 0.2) is 41.3 Å². The van der Waals surface area contributed by atoms with E-state index in [0.717, 1.165) is 40.6 Å². The van der Waals surface area contributed by atoms with Crippen LogP contribution < -0.4 is 5.32 Å². The molecule has 24 heavy (non-hydrogen) atoms. The van der Waals surface area contributed by atoms with Crippen molar-refractivity contribution in [2.75, 3.05) is 11.9 Å². The molecule has 5 rings (SSSR count). The van der Waals surface area contributed by atoms with Gasteiger partial charge in [-0.15, -0.1) is 0 Å². The Labute approximate surface area is 148 Å². The van der Waals surface area contributed by atoms with Gasteiger partial charge in [-0.3, -0.25) is 4.90 Å². The summed E-state index contributed by atoms with van der Waals surface area (Å²) >= 11 is 7.83. The lowest BCUT2D eigenvalue weighted by Crippen LogP contribution is -2.40. The minimum Gasteiger partial charge on any atom is -0.360 e. The van der Waals surface area contributed by atoms with E-state index in [4.69, 9.17) is 11.6 Å². The van der Waals surface area contributed by atoms with E-state index in [9.17, 15) is 4.39 Å². The Hall–Kier alpha value is -1.69. The largest absolute Gasteiger partial charge is 0.360 e. The van der Waals surface area contributed by atoms with Crippen LogP contribution in [0.3, 0.4) is 0 Å². The number of H-pyrrole nitrogens is 1. The molecule has 0 radical (unpaired) electrons. The quantitative estimate of drug-likeness (QED) is 0.653. The van der Waals surface area contributed by atoms with Crippen molar-refractivity contribution in [1.82, 2.24) is 9.88 Å². The van der Waals surface area contributed by atoms with Gasteiger partial charge in [-0.25, -0.2) is 4.39 Å². The molecule has 1 unspecified atom stereocenters. The molecule has 2 aliphatic rings. The number of fused-ring (bicyclic) bond motifs is 4. The summed E-state index contributed by atoms with van der Waals surface area (Å²) in [5.74, 6) is -0.183. The van der Waals surface area contributed by atoms with Gasteiger partial charge in [0, 0.05) is 45.3 Å². The van der Waals surface area contributed by atoms with Gasteiger partial charge in [-0.2, -0.15) is 0 Å². The first-order valence-electron chi connectivity index (χ1n) is 7.93. The molecule has 0 saturated heterocycles. The number of rotatable bonds is 1. The average Bonchev–Trinajstić information content (AvgIpc) is 3.14. The van der Waals surface area contributed by atoms with Crippen LogP contribution in [0, 0.1) is 5.82 Å². The number of nitrogens with zero attached hydrogens (tertiary/aromatic N) is 1. The smallest absolute Gasteiger partial charge is 0.133 e. The molecule has 3 aromatic rings. The fraction of sp³-hybridized carbons (Fsp3) is 0.222. The van der Waals surface area contributed by atoms with Crippen LogP contribution in [-0.2, 0) is 13.0 Å². The van der Waals surface area contributed by atoms with Crippen LogP contribution in [0.1, 0.15) is 11.3 Å². The molecule has 6 heteroatoms.